The number of methoxy groups -OCH3 is 2. The van der Waals surface area contributed by atoms with Gasteiger partial charge in [-0.1, -0.05) is 44.2 Å². The third kappa shape index (κ3) is 14.1. The highest BCUT2D eigenvalue weighted by atomic mass is 32.2. The molecule has 0 saturated carbocycles. The van der Waals surface area contributed by atoms with Crippen LogP contribution in [0.5, 0.6) is 0 Å². The number of thiol groups is 1. The Morgan fingerprint density at radius 2 is 1.32 bits per heavy atom. The van der Waals surface area contributed by atoms with Gasteiger partial charge in [0, 0.05) is 45.4 Å². The summed E-state index contributed by atoms with van der Waals surface area (Å²) >= 11 is 6.49. The van der Waals surface area contributed by atoms with Gasteiger partial charge in [-0.05, 0) is 35.9 Å². The third-order valence-corrected chi connectivity index (χ3v) is 4.81. The molecule has 0 fully saturated rings. The van der Waals surface area contributed by atoms with Crippen molar-refractivity contribution >= 4 is 36.7 Å². The zero-order valence-corrected chi connectivity index (χ0v) is 20.4. The topological polar surface area (TPSA) is 40.2 Å². The summed E-state index contributed by atoms with van der Waals surface area (Å²) in [4.78, 5) is 2.36. The summed E-state index contributed by atoms with van der Waals surface area (Å²) in [5, 5.41) is 0. The first-order valence-corrected chi connectivity index (χ1v) is 12.2. The lowest BCUT2D eigenvalue weighted by atomic mass is 10.2. The molecule has 0 N–H and O–H groups in total. The van der Waals surface area contributed by atoms with Gasteiger partial charge in [0.25, 0.3) is 0 Å². The van der Waals surface area contributed by atoms with Crippen LogP contribution >= 0.6 is 36.7 Å². The van der Waals surface area contributed by atoms with Gasteiger partial charge in [0.2, 0.25) is 0 Å². The van der Waals surface area contributed by atoms with Gasteiger partial charge >= 0.3 is 0 Å². The molecule has 0 aliphatic heterocycles. The van der Waals surface area contributed by atoms with E-state index < -0.39 is 0 Å². The summed E-state index contributed by atoms with van der Waals surface area (Å²) in [6.07, 6.45) is 1.71. The number of ether oxygens (including phenoxy) is 2. The molecule has 5 nitrogen and oxygen atoms in total. The Kier molecular flexibility index (Phi) is 20.4. The van der Waals surface area contributed by atoms with E-state index in [0.29, 0.717) is 13.2 Å². The van der Waals surface area contributed by atoms with E-state index in [0.717, 1.165) is 31.1 Å². The van der Waals surface area contributed by atoms with Crippen LogP contribution in [0, 0.1) is 0 Å². The van der Waals surface area contributed by atoms with Crippen LogP contribution in [0.15, 0.2) is 30.3 Å². The first-order valence-electron chi connectivity index (χ1n) is 9.48. The van der Waals surface area contributed by atoms with E-state index in [1.54, 1.807) is 20.5 Å². The summed E-state index contributed by atoms with van der Waals surface area (Å²) in [5.74, 6) is 1.84. The highest BCUT2D eigenvalue weighted by Gasteiger charge is 2.20. The monoisotopic (exact) mass is 451 g/mol. The van der Waals surface area contributed by atoms with E-state index in [9.17, 15) is 0 Å². The zero-order chi connectivity index (χ0) is 21.0. The summed E-state index contributed by atoms with van der Waals surface area (Å²) in [5.41, 5.74) is 1.27. The minimum Gasteiger partial charge on any atom is -0.382 e. The number of nitrogens with zero attached hydrogens (tertiary/aromatic N) is 1. The quantitative estimate of drug-likeness (QED) is 0.294. The van der Waals surface area contributed by atoms with Crippen molar-refractivity contribution in [3.05, 3.63) is 35.9 Å². The fraction of sp³-hybridized carbons (Fsp3) is 0.700. The van der Waals surface area contributed by atoms with Crippen molar-refractivity contribution in [2.45, 2.75) is 32.6 Å². The molecule has 28 heavy (non-hydrogen) atoms. The molecule has 0 aliphatic carbocycles. The second kappa shape index (κ2) is 20.3. The third-order valence-electron chi connectivity index (χ3n) is 3.52. The van der Waals surface area contributed by atoms with Gasteiger partial charge < -0.3 is 17.8 Å². The molecular formula is C20H37NO4S3. The van der Waals surface area contributed by atoms with E-state index in [1.807, 2.05) is 6.07 Å². The summed E-state index contributed by atoms with van der Waals surface area (Å²) in [7, 11) is 3.42. The maximum atomic E-state index is 5.90. The molecule has 0 amide bonds. The lowest BCUT2D eigenvalue weighted by Gasteiger charge is -2.30. The first-order chi connectivity index (χ1) is 13.7. The lowest BCUT2D eigenvalue weighted by molar-refractivity contribution is 0.0321. The van der Waals surface area contributed by atoms with Crippen LogP contribution in [0.4, 0.5) is 0 Å². The molecule has 0 aliphatic rings. The van der Waals surface area contributed by atoms with Crippen LogP contribution in [0.1, 0.15) is 19.4 Å². The van der Waals surface area contributed by atoms with E-state index >= 15 is 0 Å². The van der Waals surface area contributed by atoms with Gasteiger partial charge in [0.1, 0.15) is 12.2 Å². The predicted molar refractivity (Wildman–Crippen MR) is 126 cm³/mol. The average molecular weight is 452 g/mol. The molecule has 0 spiro atoms. The van der Waals surface area contributed by atoms with E-state index in [1.165, 1.54) is 29.6 Å². The smallest absolute Gasteiger partial charge is 0.108 e. The largest absolute Gasteiger partial charge is 0.382 e. The average Bonchev–Trinajstić information content (AvgIpc) is 2.72. The van der Waals surface area contributed by atoms with Crippen molar-refractivity contribution < 1.29 is 17.8 Å². The van der Waals surface area contributed by atoms with Crippen LogP contribution in [-0.2, 0) is 24.4 Å². The lowest BCUT2D eigenvalue weighted by Crippen LogP contribution is -2.41. The SMILES string of the molecule is CCSOC(COC)CN(Cc1ccccc1)CC(COC)OSCC.CS. The van der Waals surface area contributed by atoms with Crippen molar-refractivity contribution in [3.63, 3.8) is 0 Å². The number of hydrogen-bond donors (Lipinski definition) is 1. The summed E-state index contributed by atoms with van der Waals surface area (Å²) < 4.78 is 22.5. The molecule has 0 bridgehead atoms. The molecular weight excluding hydrogens is 414 g/mol. The van der Waals surface area contributed by atoms with Crippen molar-refractivity contribution in [1.29, 1.82) is 0 Å². The normalized spacial score (nSPS) is 13.1. The first kappa shape index (κ1) is 28.1. The fourth-order valence-electron chi connectivity index (χ4n) is 2.54. The zero-order valence-electron chi connectivity index (χ0n) is 17.8. The molecule has 8 heteroatoms. The van der Waals surface area contributed by atoms with Gasteiger partial charge in [-0.2, -0.15) is 12.6 Å². The Balaban J connectivity index is 0.00000352. The molecule has 0 saturated heterocycles. The van der Waals surface area contributed by atoms with Crippen LogP contribution in [0.3, 0.4) is 0 Å². The second-order valence-corrected chi connectivity index (χ2v) is 7.85. The highest BCUT2D eigenvalue weighted by molar-refractivity contribution is 7.94. The number of rotatable bonds is 16. The Hall–Kier alpha value is 0.0700. The maximum Gasteiger partial charge on any atom is 0.108 e. The van der Waals surface area contributed by atoms with Gasteiger partial charge in [-0.15, -0.1) is 0 Å². The van der Waals surface area contributed by atoms with Gasteiger partial charge in [-0.3, -0.25) is 4.90 Å². The molecule has 1 rings (SSSR count). The fourth-order valence-corrected chi connectivity index (χ4v) is 3.43. The van der Waals surface area contributed by atoms with Gasteiger partial charge in [-0.25, -0.2) is 0 Å². The summed E-state index contributed by atoms with van der Waals surface area (Å²) in [6.45, 7) is 7.69. The second-order valence-electron chi connectivity index (χ2n) is 5.84. The van der Waals surface area contributed by atoms with Crippen LogP contribution < -0.4 is 0 Å². The molecule has 0 radical (unpaired) electrons. The Bertz CT molecular complexity index is 423. The minimum atomic E-state index is 0.00989. The van der Waals surface area contributed by atoms with Crippen LogP contribution in [0.25, 0.3) is 0 Å². The molecule has 164 valence electrons. The number of hydrogen-bond acceptors (Lipinski definition) is 8. The van der Waals surface area contributed by atoms with E-state index in [2.05, 4.69) is 55.6 Å². The van der Waals surface area contributed by atoms with Gasteiger partial charge in [0.15, 0.2) is 0 Å². The highest BCUT2D eigenvalue weighted by Crippen LogP contribution is 2.15. The maximum absolute atomic E-state index is 5.90. The predicted octanol–water partition coefficient (Wildman–Crippen LogP) is 4.43. The molecule has 0 heterocycles. The Morgan fingerprint density at radius 1 is 0.857 bits per heavy atom. The van der Waals surface area contributed by atoms with E-state index in [-0.39, 0.29) is 12.2 Å². The van der Waals surface area contributed by atoms with E-state index in [4.69, 9.17) is 17.8 Å². The van der Waals surface area contributed by atoms with Gasteiger partial charge in [0.05, 0.1) is 13.2 Å². The molecule has 2 atom stereocenters. The molecule has 2 unspecified atom stereocenters. The molecule has 1 aromatic rings. The van der Waals surface area contributed by atoms with Crippen molar-refractivity contribution in [3.8, 4) is 0 Å². The van der Waals surface area contributed by atoms with Crippen molar-refractivity contribution in [2.24, 2.45) is 0 Å². The summed E-state index contributed by atoms with van der Waals surface area (Å²) in [6, 6.07) is 10.5. The van der Waals surface area contributed by atoms with Crippen molar-refractivity contribution in [2.75, 3.05) is 58.3 Å². The standard InChI is InChI=1S/C19H33NO4S2.CH4S/c1-5-25-23-18(15-21-3)13-20(12-17-10-8-7-9-11-17)14-19(16-22-4)24-26-6-2;1-2/h7-11,18-19H,5-6,12-16H2,1-4H3;2H,1H3. The molecule has 1 aromatic carbocycles. The Labute approximate surface area is 186 Å². The Morgan fingerprint density at radius 3 is 1.71 bits per heavy atom. The van der Waals surface area contributed by atoms with Crippen molar-refractivity contribution in [1.82, 2.24) is 4.90 Å². The molecule has 0 aromatic heterocycles. The number of benzene rings is 1. The minimum absolute atomic E-state index is 0.00989. The van der Waals surface area contributed by atoms with Crippen LogP contribution in [-0.4, -0.2) is 75.4 Å². The van der Waals surface area contributed by atoms with Crippen LogP contribution in [0.2, 0.25) is 0 Å².